The molecule has 3 nitrogen and oxygen atoms in total. The number of likely N-dealkylation sites (tertiary alicyclic amines) is 1. The Balaban J connectivity index is 1.91. The van der Waals surface area contributed by atoms with Gasteiger partial charge < -0.3 is 5.11 Å². The lowest BCUT2D eigenvalue weighted by atomic mass is 9.99. The number of hydrogen-bond donors (Lipinski definition) is 1. The molecule has 1 unspecified atom stereocenters. The van der Waals surface area contributed by atoms with Crippen LogP contribution in [0, 0.1) is 5.92 Å². The third kappa shape index (κ3) is 3.50. The molecule has 0 aromatic carbocycles. The second kappa shape index (κ2) is 5.94. The molecular weight excluding hydrogens is 232 g/mol. The molecule has 0 bridgehead atoms. The van der Waals surface area contributed by atoms with Crippen LogP contribution < -0.4 is 0 Å². The van der Waals surface area contributed by atoms with E-state index in [1.54, 1.807) is 0 Å². The highest BCUT2D eigenvalue weighted by molar-refractivity contribution is 7.11. The number of aliphatic hydroxyl groups excluding tert-OH is 1. The Morgan fingerprint density at radius 1 is 1.59 bits per heavy atom. The van der Waals surface area contributed by atoms with E-state index in [9.17, 15) is 5.11 Å². The van der Waals surface area contributed by atoms with Crippen LogP contribution in [0.5, 0.6) is 0 Å². The zero-order valence-corrected chi connectivity index (χ0v) is 11.5. The lowest BCUT2D eigenvalue weighted by Crippen LogP contribution is -2.36. The van der Waals surface area contributed by atoms with Crippen LogP contribution in [0.15, 0.2) is 6.20 Å². The number of aliphatic hydroxyl groups is 1. The standard InChI is InChI=1S/C13H22N2OS/c1-10(2)13-14-6-12(17-13)8-15-5-3-4-11(7-15)9-16/h6,10-11,16H,3-5,7-9H2,1-2H3. The summed E-state index contributed by atoms with van der Waals surface area (Å²) in [6.07, 6.45) is 4.40. The first kappa shape index (κ1) is 13.0. The van der Waals surface area contributed by atoms with Gasteiger partial charge in [0, 0.05) is 36.7 Å². The second-order valence-corrected chi connectivity index (χ2v) is 6.39. The number of hydrogen-bond acceptors (Lipinski definition) is 4. The van der Waals surface area contributed by atoms with Crippen LogP contribution in [-0.4, -0.2) is 34.7 Å². The summed E-state index contributed by atoms with van der Waals surface area (Å²) >= 11 is 1.83. The lowest BCUT2D eigenvalue weighted by molar-refractivity contribution is 0.116. The van der Waals surface area contributed by atoms with Gasteiger partial charge in [0.15, 0.2) is 0 Å². The summed E-state index contributed by atoms with van der Waals surface area (Å²) in [4.78, 5) is 8.26. The predicted octanol–water partition coefficient (Wildman–Crippen LogP) is 2.47. The van der Waals surface area contributed by atoms with Gasteiger partial charge in [-0.1, -0.05) is 13.8 Å². The molecule has 1 aliphatic heterocycles. The molecule has 1 N–H and O–H groups in total. The molecule has 2 rings (SSSR count). The van der Waals surface area contributed by atoms with Gasteiger partial charge in [-0.2, -0.15) is 0 Å². The molecule has 4 heteroatoms. The van der Waals surface area contributed by atoms with E-state index in [-0.39, 0.29) is 0 Å². The van der Waals surface area contributed by atoms with Gasteiger partial charge in [-0.15, -0.1) is 11.3 Å². The summed E-state index contributed by atoms with van der Waals surface area (Å²) in [5.41, 5.74) is 0. The molecule has 96 valence electrons. The highest BCUT2D eigenvalue weighted by atomic mass is 32.1. The Morgan fingerprint density at radius 3 is 3.06 bits per heavy atom. The van der Waals surface area contributed by atoms with Gasteiger partial charge in [0.05, 0.1) is 5.01 Å². The van der Waals surface area contributed by atoms with Crippen molar-refractivity contribution in [1.82, 2.24) is 9.88 Å². The van der Waals surface area contributed by atoms with Gasteiger partial charge in [0.1, 0.15) is 0 Å². The molecule has 0 amide bonds. The SMILES string of the molecule is CC(C)c1ncc(CN2CCCC(CO)C2)s1. The normalized spacial score (nSPS) is 22.2. The lowest BCUT2D eigenvalue weighted by Gasteiger charge is -2.31. The zero-order chi connectivity index (χ0) is 12.3. The fourth-order valence-corrected chi connectivity index (χ4v) is 3.29. The average Bonchev–Trinajstić information content (AvgIpc) is 2.78. The summed E-state index contributed by atoms with van der Waals surface area (Å²) in [7, 11) is 0. The van der Waals surface area contributed by atoms with Crippen molar-refractivity contribution in [2.75, 3.05) is 19.7 Å². The number of aromatic nitrogens is 1. The Labute approximate surface area is 107 Å². The van der Waals surface area contributed by atoms with Crippen molar-refractivity contribution in [1.29, 1.82) is 0 Å². The van der Waals surface area contributed by atoms with Crippen molar-refractivity contribution in [3.05, 3.63) is 16.1 Å². The second-order valence-electron chi connectivity index (χ2n) is 5.25. The topological polar surface area (TPSA) is 36.4 Å². The maximum Gasteiger partial charge on any atom is 0.0953 e. The third-order valence-corrected chi connectivity index (χ3v) is 4.59. The molecular formula is C13H22N2OS. The van der Waals surface area contributed by atoms with Crippen LogP contribution in [0.2, 0.25) is 0 Å². The first-order valence-corrected chi connectivity index (χ1v) is 7.28. The smallest absolute Gasteiger partial charge is 0.0953 e. The Hall–Kier alpha value is -0.450. The van der Waals surface area contributed by atoms with E-state index in [1.807, 2.05) is 17.5 Å². The molecule has 1 saturated heterocycles. The summed E-state index contributed by atoms with van der Waals surface area (Å²) in [6, 6.07) is 0. The molecule has 1 aliphatic rings. The van der Waals surface area contributed by atoms with Gasteiger partial charge >= 0.3 is 0 Å². The average molecular weight is 254 g/mol. The molecule has 2 heterocycles. The van der Waals surface area contributed by atoms with Crippen molar-refractivity contribution in [2.45, 2.75) is 39.2 Å². The summed E-state index contributed by atoms with van der Waals surface area (Å²) in [5, 5.41) is 10.4. The van der Waals surface area contributed by atoms with Crippen molar-refractivity contribution in [3.8, 4) is 0 Å². The molecule has 17 heavy (non-hydrogen) atoms. The van der Waals surface area contributed by atoms with Crippen molar-refractivity contribution in [2.24, 2.45) is 5.92 Å². The van der Waals surface area contributed by atoms with Crippen molar-refractivity contribution in [3.63, 3.8) is 0 Å². The van der Waals surface area contributed by atoms with E-state index in [0.29, 0.717) is 18.4 Å². The van der Waals surface area contributed by atoms with Crippen LogP contribution in [0.3, 0.4) is 0 Å². The third-order valence-electron chi connectivity index (χ3n) is 3.31. The van der Waals surface area contributed by atoms with Crippen molar-refractivity contribution < 1.29 is 5.11 Å². The first-order chi connectivity index (χ1) is 8.19. The maximum atomic E-state index is 9.22. The molecule has 1 aromatic heterocycles. The van der Waals surface area contributed by atoms with Crippen LogP contribution in [0.1, 0.15) is 42.5 Å². The molecule has 1 fully saturated rings. The maximum absolute atomic E-state index is 9.22. The van der Waals surface area contributed by atoms with E-state index in [1.165, 1.54) is 22.7 Å². The van der Waals surface area contributed by atoms with Gasteiger partial charge in [0.2, 0.25) is 0 Å². The quantitative estimate of drug-likeness (QED) is 0.896. The summed E-state index contributed by atoms with van der Waals surface area (Å²) < 4.78 is 0. The highest BCUT2D eigenvalue weighted by Gasteiger charge is 2.19. The van der Waals surface area contributed by atoms with E-state index >= 15 is 0 Å². The monoisotopic (exact) mass is 254 g/mol. The molecule has 0 spiro atoms. The largest absolute Gasteiger partial charge is 0.396 e. The van der Waals surface area contributed by atoms with Gasteiger partial charge in [-0.25, -0.2) is 4.98 Å². The molecule has 0 saturated carbocycles. The number of rotatable bonds is 4. The molecule has 0 radical (unpaired) electrons. The van der Waals surface area contributed by atoms with Gasteiger partial charge in [-0.05, 0) is 25.3 Å². The Kier molecular flexibility index (Phi) is 4.54. The number of thiazole rings is 1. The fourth-order valence-electron chi connectivity index (χ4n) is 2.33. The Morgan fingerprint density at radius 2 is 2.41 bits per heavy atom. The highest BCUT2D eigenvalue weighted by Crippen LogP contribution is 2.24. The van der Waals surface area contributed by atoms with Crippen LogP contribution in [0.4, 0.5) is 0 Å². The Bertz CT molecular complexity index is 351. The number of piperidine rings is 1. The summed E-state index contributed by atoms with van der Waals surface area (Å²) in [6.45, 7) is 7.89. The van der Waals surface area contributed by atoms with E-state index in [4.69, 9.17) is 0 Å². The predicted molar refractivity (Wildman–Crippen MR) is 71.3 cm³/mol. The minimum Gasteiger partial charge on any atom is -0.396 e. The van der Waals surface area contributed by atoms with Crippen LogP contribution in [0.25, 0.3) is 0 Å². The van der Waals surface area contributed by atoms with Crippen molar-refractivity contribution >= 4 is 11.3 Å². The van der Waals surface area contributed by atoms with E-state index in [0.717, 1.165) is 19.6 Å². The minimum absolute atomic E-state index is 0.330. The summed E-state index contributed by atoms with van der Waals surface area (Å²) in [5.74, 6) is 1.00. The fraction of sp³-hybridized carbons (Fsp3) is 0.769. The van der Waals surface area contributed by atoms with E-state index in [2.05, 4.69) is 23.7 Å². The molecule has 0 aliphatic carbocycles. The van der Waals surface area contributed by atoms with Crippen LogP contribution in [-0.2, 0) is 6.54 Å². The number of nitrogens with zero attached hydrogens (tertiary/aromatic N) is 2. The van der Waals surface area contributed by atoms with E-state index < -0.39 is 0 Å². The van der Waals surface area contributed by atoms with Gasteiger partial charge in [0.25, 0.3) is 0 Å². The molecule has 1 aromatic rings. The first-order valence-electron chi connectivity index (χ1n) is 6.47. The van der Waals surface area contributed by atoms with Gasteiger partial charge in [-0.3, -0.25) is 4.90 Å². The van der Waals surface area contributed by atoms with Crippen LogP contribution >= 0.6 is 11.3 Å². The zero-order valence-electron chi connectivity index (χ0n) is 10.7. The minimum atomic E-state index is 0.330. The molecule has 1 atom stereocenters.